The molecule has 42 heavy (non-hydrogen) atoms. The Morgan fingerprint density at radius 1 is 0.619 bits per heavy atom. The highest BCUT2D eigenvalue weighted by Gasteiger charge is 2.21. The maximum atomic E-state index is 13.3. The molecule has 2 aromatic heterocycles. The van der Waals surface area contributed by atoms with Crippen molar-refractivity contribution >= 4 is 36.6 Å². The average Bonchev–Trinajstić information content (AvgIpc) is 3.51. The third-order valence-corrected chi connectivity index (χ3v) is 7.87. The fourth-order valence-electron chi connectivity index (χ4n) is 4.27. The Bertz CT molecular complexity index is 1440. The van der Waals surface area contributed by atoms with E-state index in [1.165, 1.54) is 0 Å². The van der Waals surface area contributed by atoms with Crippen LogP contribution >= 0.6 is 24.4 Å². The molecule has 0 atom stereocenters. The summed E-state index contributed by atoms with van der Waals surface area (Å²) >= 11 is 10.9. The Hall–Kier alpha value is -4.16. The molecule has 4 rings (SSSR count). The molecule has 2 heterocycles. The van der Waals surface area contributed by atoms with E-state index in [1.807, 2.05) is 118 Å². The number of aromatic nitrogens is 4. The molecule has 4 aromatic rings. The quantitative estimate of drug-likeness (QED) is 0.189. The van der Waals surface area contributed by atoms with Crippen LogP contribution in [0.1, 0.15) is 11.1 Å². The van der Waals surface area contributed by atoms with Crippen LogP contribution in [0.2, 0.25) is 0 Å². The molecule has 0 saturated carbocycles. The van der Waals surface area contributed by atoms with Gasteiger partial charge in [0.25, 0.3) is 0 Å². The first-order valence-electron chi connectivity index (χ1n) is 13.7. The molecule has 0 spiro atoms. The number of nitrogens with zero attached hydrogens (tertiary/aromatic N) is 6. The van der Waals surface area contributed by atoms with E-state index in [0.29, 0.717) is 35.7 Å². The number of amides is 2. The summed E-state index contributed by atoms with van der Waals surface area (Å²) in [5.41, 5.74) is 1.78. The van der Waals surface area contributed by atoms with E-state index in [4.69, 9.17) is 33.9 Å². The summed E-state index contributed by atoms with van der Waals surface area (Å²) in [6.07, 6.45) is 6.58. The highest BCUT2D eigenvalue weighted by atomic mass is 32.1. The van der Waals surface area contributed by atoms with Crippen molar-refractivity contribution in [3.05, 3.63) is 106 Å². The lowest BCUT2D eigenvalue weighted by molar-refractivity contribution is 0.0767. The summed E-state index contributed by atoms with van der Waals surface area (Å²) in [6, 6.07) is 19.0. The minimum Gasteiger partial charge on any atom is -0.445 e. The first kappa shape index (κ1) is 30.8. The number of rotatable bonds is 13. The monoisotopic (exact) mass is 608 g/mol. The van der Waals surface area contributed by atoms with Crippen LogP contribution in [0.15, 0.2) is 85.5 Å². The molecule has 0 radical (unpaired) electrons. The van der Waals surface area contributed by atoms with Gasteiger partial charge in [-0.05, 0) is 35.6 Å². The lowest BCUT2D eigenvalue weighted by Crippen LogP contribution is -2.43. The van der Waals surface area contributed by atoms with Crippen molar-refractivity contribution < 1.29 is 19.1 Å². The lowest BCUT2D eigenvalue weighted by Gasteiger charge is -2.27. The molecule has 2 amide bonds. The van der Waals surface area contributed by atoms with Gasteiger partial charge in [0.05, 0.1) is 0 Å². The van der Waals surface area contributed by atoms with Gasteiger partial charge in [-0.1, -0.05) is 60.7 Å². The zero-order valence-electron chi connectivity index (χ0n) is 23.9. The SMILES string of the molecule is Cn1ccn(CCN(CCN(CCn2ccn(C)c2=S)C(=O)OCc2ccccc2)C(=O)OCc2ccccc2)c1=S. The second-order valence-electron chi connectivity index (χ2n) is 9.82. The summed E-state index contributed by atoms with van der Waals surface area (Å²) in [5.74, 6) is 0. The van der Waals surface area contributed by atoms with Gasteiger partial charge in [0.2, 0.25) is 0 Å². The molecule has 0 N–H and O–H groups in total. The molecule has 12 heteroatoms. The molecule has 0 fully saturated rings. The van der Waals surface area contributed by atoms with Gasteiger partial charge < -0.3 is 37.5 Å². The van der Waals surface area contributed by atoms with Gasteiger partial charge in [0.1, 0.15) is 13.2 Å². The van der Waals surface area contributed by atoms with Crippen molar-refractivity contribution in [2.24, 2.45) is 14.1 Å². The van der Waals surface area contributed by atoms with Crippen LogP contribution in [0.25, 0.3) is 0 Å². The Morgan fingerprint density at radius 2 is 1.00 bits per heavy atom. The molecular formula is C30H36N6O4S2. The van der Waals surface area contributed by atoms with E-state index in [0.717, 1.165) is 11.1 Å². The maximum absolute atomic E-state index is 13.3. The standard InChI is InChI=1S/C30H36N6O4S2/c1-31-13-15-33(27(31)41)17-19-35(29(37)39-23-25-9-5-3-6-10-25)21-22-36(20-18-34-16-14-32(2)28(34)42)30(38)40-24-26-11-7-4-8-12-26/h3-16H,17-24H2,1-2H3. The van der Waals surface area contributed by atoms with Crippen LogP contribution in [-0.2, 0) is 49.9 Å². The minimum absolute atomic E-state index is 0.149. The molecule has 0 saturated heterocycles. The van der Waals surface area contributed by atoms with Gasteiger partial charge in [-0.25, -0.2) is 9.59 Å². The van der Waals surface area contributed by atoms with Gasteiger partial charge in [0, 0.05) is 78.2 Å². The van der Waals surface area contributed by atoms with E-state index < -0.39 is 12.2 Å². The lowest BCUT2D eigenvalue weighted by atomic mass is 10.2. The van der Waals surface area contributed by atoms with Crippen LogP contribution in [0.3, 0.4) is 0 Å². The maximum Gasteiger partial charge on any atom is 0.410 e. The Morgan fingerprint density at radius 3 is 1.33 bits per heavy atom. The van der Waals surface area contributed by atoms with Crippen LogP contribution in [-0.4, -0.2) is 66.4 Å². The van der Waals surface area contributed by atoms with Gasteiger partial charge in [-0.3, -0.25) is 0 Å². The smallest absolute Gasteiger partial charge is 0.410 e. The minimum atomic E-state index is -0.468. The van der Waals surface area contributed by atoms with Crippen molar-refractivity contribution in [2.75, 3.05) is 26.2 Å². The number of aryl methyl sites for hydroxylation is 2. The molecule has 0 aliphatic rings. The molecule has 2 aromatic carbocycles. The van der Waals surface area contributed by atoms with E-state index in [1.54, 1.807) is 9.80 Å². The Balaban J connectivity index is 1.45. The topological polar surface area (TPSA) is 78.8 Å². The summed E-state index contributed by atoms with van der Waals surface area (Å²) in [5, 5.41) is 0. The summed E-state index contributed by atoms with van der Waals surface area (Å²) in [4.78, 5) is 29.7. The summed E-state index contributed by atoms with van der Waals surface area (Å²) in [7, 11) is 3.76. The highest BCUT2D eigenvalue weighted by Crippen LogP contribution is 2.08. The molecule has 0 unspecified atom stereocenters. The fraction of sp³-hybridized carbons (Fsp3) is 0.333. The number of carbonyl (C=O) groups excluding carboxylic acids is 2. The summed E-state index contributed by atoms with van der Waals surface area (Å²) in [6.45, 7) is 2.45. The molecule has 10 nitrogen and oxygen atoms in total. The van der Waals surface area contributed by atoms with E-state index in [9.17, 15) is 9.59 Å². The molecule has 0 aliphatic carbocycles. The number of hydrogen-bond acceptors (Lipinski definition) is 6. The number of ether oxygens (including phenoxy) is 2. The van der Waals surface area contributed by atoms with Crippen molar-refractivity contribution in [1.82, 2.24) is 28.1 Å². The predicted octanol–water partition coefficient (Wildman–Crippen LogP) is 5.40. The van der Waals surface area contributed by atoms with E-state index in [-0.39, 0.29) is 26.3 Å². The fourth-order valence-corrected chi connectivity index (χ4v) is 4.70. The number of imidazole rings is 2. The average molecular weight is 609 g/mol. The van der Waals surface area contributed by atoms with E-state index >= 15 is 0 Å². The second-order valence-corrected chi connectivity index (χ2v) is 10.6. The molecule has 0 aliphatic heterocycles. The Labute approximate surface area is 255 Å². The van der Waals surface area contributed by atoms with Crippen molar-refractivity contribution in [3.8, 4) is 0 Å². The first-order chi connectivity index (χ1) is 20.3. The Kier molecular flexibility index (Phi) is 11.1. The van der Waals surface area contributed by atoms with Gasteiger partial charge in [0.15, 0.2) is 9.54 Å². The van der Waals surface area contributed by atoms with Crippen LogP contribution in [0, 0.1) is 9.54 Å². The zero-order valence-corrected chi connectivity index (χ0v) is 25.5. The number of carbonyl (C=O) groups is 2. The highest BCUT2D eigenvalue weighted by molar-refractivity contribution is 7.71. The predicted molar refractivity (Wildman–Crippen MR) is 165 cm³/mol. The van der Waals surface area contributed by atoms with Crippen LogP contribution < -0.4 is 0 Å². The van der Waals surface area contributed by atoms with Gasteiger partial charge in [-0.2, -0.15) is 0 Å². The number of hydrogen-bond donors (Lipinski definition) is 0. The first-order valence-corrected chi connectivity index (χ1v) is 14.5. The molecular weight excluding hydrogens is 573 g/mol. The van der Waals surface area contributed by atoms with Crippen LogP contribution in [0.4, 0.5) is 9.59 Å². The molecule has 222 valence electrons. The van der Waals surface area contributed by atoms with Crippen molar-refractivity contribution in [1.29, 1.82) is 0 Å². The third-order valence-electron chi connectivity index (χ3n) is 6.82. The third kappa shape index (κ3) is 8.67. The normalized spacial score (nSPS) is 10.8. The second kappa shape index (κ2) is 15.2. The van der Waals surface area contributed by atoms with Gasteiger partial charge in [-0.15, -0.1) is 0 Å². The van der Waals surface area contributed by atoms with E-state index in [2.05, 4.69) is 0 Å². The van der Waals surface area contributed by atoms with Gasteiger partial charge >= 0.3 is 12.2 Å². The summed E-state index contributed by atoms with van der Waals surface area (Å²) < 4.78 is 20.1. The van der Waals surface area contributed by atoms with Crippen LogP contribution in [0.5, 0.6) is 0 Å². The van der Waals surface area contributed by atoms with Crippen molar-refractivity contribution in [3.63, 3.8) is 0 Å². The number of benzene rings is 2. The largest absolute Gasteiger partial charge is 0.445 e. The van der Waals surface area contributed by atoms with Crippen molar-refractivity contribution in [2.45, 2.75) is 26.3 Å². The zero-order chi connectivity index (χ0) is 29.9. The molecule has 0 bridgehead atoms.